The number of nitrogens with zero attached hydrogens (tertiary/aromatic N) is 2. The molecular weight excluding hydrogens is 388 g/mol. The van der Waals surface area contributed by atoms with Crippen molar-refractivity contribution >= 4 is 27.5 Å². The Morgan fingerprint density at radius 1 is 1.03 bits per heavy atom. The predicted octanol–water partition coefficient (Wildman–Crippen LogP) is 5.79. The number of hydrogen-bond acceptors (Lipinski definition) is 3. The highest BCUT2D eigenvalue weighted by Crippen LogP contribution is 2.66. The Hall–Kier alpha value is -2.20. The van der Waals surface area contributed by atoms with E-state index in [1.165, 1.54) is 29.5 Å². The Balaban J connectivity index is 1.29. The summed E-state index contributed by atoms with van der Waals surface area (Å²) in [4.78, 5) is 20.6. The van der Waals surface area contributed by atoms with Crippen molar-refractivity contribution in [2.75, 3.05) is 7.05 Å². The van der Waals surface area contributed by atoms with Crippen LogP contribution in [0.2, 0.25) is 0 Å². The lowest BCUT2D eigenvalue weighted by molar-refractivity contribution is -0.159. The molecule has 30 heavy (non-hydrogen) atoms. The Labute approximate surface area is 182 Å². The van der Waals surface area contributed by atoms with E-state index in [-0.39, 0.29) is 10.8 Å². The van der Waals surface area contributed by atoms with Crippen molar-refractivity contribution in [3.8, 4) is 0 Å². The van der Waals surface area contributed by atoms with Crippen LogP contribution in [-0.2, 0) is 16.8 Å². The number of para-hydroxylation sites is 1. The van der Waals surface area contributed by atoms with Gasteiger partial charge in [0.15, 0.2) is 0 Å². The average Bonchev–Trinajstić information content (AvgIpc) is 3.15. The number of carbonyl (C=O) groups is 1. The summed E-state index contributed by atoms with van der Waals surface area (Å²) in [5.74, 6) is 1.76. The first-order valence-electron chi connectivity index (χ1n) is 11.2. The van der Waals surface area contributed by atoms with E-state index >= 15 is 0 Å². The first kappa shape index (κ1) is 18.6. The van der Waals surface area contributed by atoms with Crippen LogP contribution in [0.1, 0.15) is 49.1 Å². The topological polar surface area (TPSA) is 33.2 Å². The molecule has 4 saturated carbocycles. The number of fused-ring (bicyclic) bond motifs is 1. The third-order valence-corrected chi connectivity index (χ3v) is 8.98. The summed E-state index contributed by atoms with van der Waals surface area (Å²) in [6.45, 7) is 0.619. The number of hydrogen-bond donors (Lipinski definition) is 0. The van der Waals surface area contributed by atoms with E-state index in [1.54, 1.807) is 11.3 Å². The third-order valence-electron chi connectivity index (χ3n) is 7.96. The summed E-state index contributed by atoms with van der Waals surface area (Å²) in [5.41, 5.74) is 2.53. The van der Waals surface area contributed by atoms with Gasteiger partial charge in [-0.3, -0.25) is 4.79 Å². The summed E-state index contributed by atoms with van der Waals surface area (Å²) in [6, 6.07) is 19.3. The fraction of sp³-hybridized carbons (Fsp3) is 0.462. The molecule has 3 nitrogen and oxygen atoms in total. The quantitative estimate of drug-likeness (QED) is 0.539. The van der Waals surface area contributed by atoms with E-state index in [9.17, 15) is 4.79 Å². The molecule has 0 N–H and O–H groups in total. The van der Waals surface area contributed by atoms with E-state index in [4.69, 9.17) is 4.98 Å². The highest BCUT2D eigenvalue weighted by atomic mass is 32.1. The Bertz CT molecular complexity index is 1060. The summed E-state index contributed by atoms with van der Waals surface area (Å²) in [6.07, 6.45) is 7.06. The van der Waals surface area contributed by atoms with Gasteiger partial charge in [0.1, 0.15) is 5.01 Å². The second-order valence-electron chi connectivity index (χ2n) is 10.1. The van der Waals surface area contributed by atoms with Crippen molar-refractivity contribution in [1.29, 1.82) is 0 Å². The molecule has 0 aliphatic heterocycles. The molecule has 4 heteroatoms. The van der Waals surface area contributed by atoms with Gasteiger partial charge in [0.05, 0.1) is 22.2 Å². The van der Waals surface area contributed by atoms with Crippen LogP contribution >= 0.6 is 11.3 Å². The van der Waals surface area contributed by atoms with Crippen molar-refractivity contribution < 1.29 is 4.79 Å². The minimum atomic E-state index is -0.175. The van der Waals surface area contributed by atoms with Crippen LogP contribution in [0, 0.1) is 17.3 Å². The maximum atomic E-state index is 13.9. The lowest BCUT2D eigenvalue weighted by Crippen LogP contribution is -2.59. The van der Waals surface area contributed by atoms with E-state index < -0.39 is 0 Å². The Morgan fingerprint density at radius 3 is 2.47 bits per heavy atom. The van der Waals surface area contributed by atoms with Gasteiger partial charge in [0.25, 0.3) is 0 Å². The molecule has 3 aromatic rings. The molecule has 1 aromatic heterocycles. The maximum Gasteiger partial charge on any atom is 0.228 e. The number of carbonyl (C=O) groups excluding carboxylic acids is 1. The molecule has 0 saturated heterocycles. The van der Waals surface area contributed by atoms with Crippen molar-refractivity contribution in [2.24, 2.45) is 17.3 Å². The van der Waals surface area contributed by atoms with Crippen LogP contribution in [0.5, 0.6) is 0 Å². The van der Waals surface area contributed by atoms with Crippen LogP contribution in [0.25, 0.3) is 10.2 Å². The molecule has 2 atom stereocenters. The van der Waals surface area contributed by atoms with Crippen molar-refractivity contribution in [3.05, 3.63) is 65.2 Å². The van der Waals surface area contributed by atoms with Gasteiger partial charge in [-0.25, -0.2) is 4.98 Å². The molecule has 1 amide bonds. The number of rotatable bonds is 4. The van der Waals surface area contributed by atoms with Crippen molar-refractivity contribution in [1.82, 2.24) is 9.88 Å². The van der Waals surface area contributed by atoms with Crippen LogP contribution in [0.3, 0.4) is 0 Å². The molecule has 4 aliphatic rings. The summed E-state index contributed by atoms with van der Waals surface area (Å²) >= 11 is 1.71. The van der Waals surface area contributed by atoms with E-state index in [1.807, 2.05) is 18.0 Å². The van der Waals surface area contributed by atoms with Crippen LogP contribution in [0.4, 0.5) is 0 Å². The molecule has 0 radical (unpaired) electrons. The van der Waals surface area contributed by atoms with Gasteiger partial charge >= 0.3 is 0 Å². The zero-order chi connectivity index (χ0) is 20.3. The molecule has 0 spiro atoms. The molecule has 4 aliphatic carbocycles. The fourth-order valence-corrected chi connectivity index (χ4v) is 8.33. The van der Waals surface area contributed by atoms with Gasteiger partial charge in [-0.15, -0.1) is 11.3 Å². The zero-order valence-corrected chi connectivity index (χ0v) is 18.3. The van der Waals surface area contributed by atoms with Gasteiger partial charge in [-0.1, -0.05) is 42.5 Å². The standard InChI is InChI=1S/C26H28N2OS/c1-28(16-23-27-21-9-5-6-10-22(21)30-23)24(29)26-14-18-11-19(15-26)13-25(12-18,17-26)20-7-3-2-4-8-20/h2-10,18-19H,11-17H2,1H3. The van der Waals surface area contributed by atoms with E-state index in [0.717, 1.165) is 29.8 Å². The Morgan fingerprint density at radius 2 is 1.73 bits per heavy atom. The lowest BCUT2D eigenvalue weighted by Gasteiger charge is -2.62. The summed E-state index contributed by atoms with van der Waals surface area (Å²) in [5, 5.41) is 1.04. The largest absolute Gasteiger partial charge is 0.339 e. The highest BCUT2D eigenvalue weighted by molar-refractivity contribution is 7.18. The van der Waals surface area contributed by atoms with E-state index in [0.29, 0.717) is 24.3 Å². The molecule has 2 aromatic carbocycles. The van der Waals surface area contributed by atoms with Gasteiger partial charge in [-0.2, -0.15) is 0 Å². The van der Waals surface area contributed by atoms with Crippen LogP contribution in [-0.4, -0.2) is 22.8 Å². The number of benzene rings is 2. The lowest BCUT2D eigenvalue weighted by atomic mass is 9.42. The second-order valence-corrected chi connectivity index (χ2v) is 11.2. The molecule has 2 unspecified atom stereocenters. The molecule has 4 bridgehead atoms. The predicted molar refractivity (Wildman–Crippen MR) is 121 cm³/mol. The smallest absolute Gasteiger partial charge is 0.228 e. The van der Waals surface area contributed by atoms with Gasteiger partial charge in [0.2, 0.25) is 5.91 Å². The molecule has 1 heterocycles. The van der Waals surface area contributed by atoms with Crippen LogP contribution in [0.15, 0.2) is 54.6 Å². The second kappa shape index (κ2) is 6.65. The van der Waals surface area contributed by atoms with E-state index in [2.05, 4.69) is 48.5 Å². The molecular formula is C26H28N2OS. The number of aromatic nitrogens is 1. The van der Waals surface area contributed by atoms with Gasteiger partial charge in [-0.05, 0) is 73.5 Å². The zero-order valence-electron chi connectivity index (χ0n) is 17.5. The van der Waals surface area contributed by atoms with Crippen molar-refractivity contribution in [2.45, 2.75) is 50.5 Å². The monoisotopic (exact) mass is 416 g/mol. The molecule has 154 valence electrons. The van der Waals surface area contributed by atoms with Crippen molar-refractivity contribution in [3.63, 3.8) is 0 Å². The molecule has 7 rings (SSSR count). The normalized spacial score (nSPS) is 31.9. The Kier molecular flexibility index (Phi) is 4.11. The summed E-state index contributed by atoms with van der Waals surface area (Å²) in [7, 11) is 1.99. The fourth-order valence-electron chi connectivity index (χ4n) is 7.31. The first-order chi connectivity index (χ1) is 14.6. The number of thiazole rings is 1. The third kappa shape index (κ3) is 2.84. The van der Waals surface area contributed by atoms with Gasteiger partial charge < -0.3 is 4.90 Å². The SMILES string of the molecule is CN(Cc1nc2ccccc2s1)C(=O)C12CC3CC(C1)CC(c1ccccc1)(C3)C2. The molecule has 4 fully saturated rings. The minimum Gasteiger partial charge on any atom is -0.339 e. The minimum absolute atomic E-state index is 0.175. The first-order valence-corrected chi connectivity index (χ1v) is 12.0. The van der Waals surface area contributed by atoms with Crippen LogP contribution < -0.4 is 0 Å². The van der Waals surface area contributed by atoms with Gasteiger partial charge in [0, 0.05) is 7.05 Å². The summed E-state index contributed by atoms with van der Waals surface area (Å²) < 4.78 is 1.20. The number of amides is 1. The maximum absolute atomic E-state index is 13.9. The average molecular weight is 417 g/mol. The highest BCUT2D eigenvalue weighted by Gasteiger charge is 2.61.